The molecule has 4 aromatic rings. The summed E-state index contributed by atoms with van der Waals surface area (Å²) in [4.78, 5) is 11.3. The highest BCUT2D eigenvalue weighted by atomic mass is 35.5. The second kappa shape index (κ2) is 11.0. The quantitative estimate of drug-likeness (QED) is 0.320. The Balaban J connectivity index is 1.36. The number of sulfonamides is 1. The van der Waals surface area contributed by atoms with Gasteiger partial charge in [0.15, 0.2) is 0 Å². The van der Waals surface area contributed by atoms with E-state index in [0.717, 1.165) is 54.9 Å². The minimum absolute atomic E-state index is 0.0963. The Morgan fingerprint density at radius 1 is 0.917 bits per heavy atom. The molecule has 3 heterocycles. The molecule has 0 unspecified atom stereocenters. The third-order valence-corrected chi connectivity index (χ3v) is 9.02. The van der Waals surface area contributed by atoms with Crippen LogP contribution < -0.4 is 0 Å². The first kappa shape index (κ1) is 24.8. The molecule has 5 rings (SSSR count). The zero-order valence-corrected chi connectivity index (χ0v) is 21.6. The van der Waals surface area contributed by atoms with Crippen molar-refractivity contribution in [3.8, 4) is 0 Å². The lowest BCUT2D eigenvalue weighted by molar-refractivity contribution is 0.157. The van der Waals surface area contributed by atoms with E-state index in [1.807, 2.05) is 42.5 Å². The van der Waals surface area contributed by atoms with Gasteiger partial charge in [-0.05, 0) is 73.8 Å². The Labute approximate surface area is 217 Å². The fourth-order valence-corrected chi connectivity index (χ4v) is 6.83. The van der Waals surface area contributed by atoms with E-state index in [1.165, 1.54) is 5.56 Å². The number of fused-ring (bicyclic) bond motifs is 1. The highest BCUT2D eigenvalue weighted by molar-refractivity contribution is 7.89. The van der Waals surface area contributed by atoms with Crippen LogP contribution in [-0.4, -0.2) is 53.3 Å². The first-order chi connectivity index (χ1) is 17.5. The number of rotatable bonds is 8. The first-order valence-electron chi connectivity index (χ1n) is 12.2. The van der Waals surface area contributed by atoms with Crippen LogP contribution in [-0.2, 0) is 23.0 Å². The van der Waals surface area contributed by atoms with Crippen LogP contribution in [0.25, 0.3) is 10.9 Å². The molecule has 186 valence electrons. The molecule has 1 saturated heterocycles. The van der Waals surface area contributed by atoms with Gasteiger partial charge in [-0.1, -0.05) is 48.0 Å². The molecule has 1 aliphatic heterocycles. The van der Waals surface area contributed by atoms with Gasteiger partial charge in [0.2, 0.25) is 10.0 Å². The third kappa shape index (κ3) is 5.60. The van der Waals surface area contributed by atoms with Crippen molar-refractivity contribution in [3.63, 3.8) is 0 Å². The van der Waals surface area contributed by atoms with Crippen LogP contribution in [0.2, 0.25) is 5.02 Å². The van der Waals surface area contributed by atoms with Crippen LogP contribution in [0, 0.1) is 0 Å². The van der Waals surface area contributed by atoms with Gasteiger partial charge in [-0.25, -0.2) is 8.42 Å². The second-order valence-corrected chi connectivity index (χ2v) is 11.5. The number of piperidine rings is 1. The summed E-state index contributed by atoms with van der Waals surface area (Å²) in [5, 5.41) is 1.56. The van der Waals surface area contributed by atoms with Gasteiger partial charge in [0.25, 0.3) is 0 Å². The fourth-order valence-electron chi connectivity index (χ4n) is 4.86. The summed E-state index contributed by atoms with van der Waals surface area (Å²) in [6.07, 6.45) is 7.59. The molecule has 0 amide bonds. The zero-order valence-electron chi connectivity index (χ0n) is 20.0. The third-order valence-electron chi connectivity index (χ3n) is 6.84. The van der Waals surface area contributed by atoms with Crippen LogP contribution in [0.5, 0.6) is 0 Å². The Morgan fingerprint density at radius 2 is 1.67 bits per heavy atom. The SMILES string of the molecule is O=S(=O)(c1cccc2cccnc12)N(Cc1cccnc1)C1CCN(CCc2ccc(Cl)cc2)CC1. The van der Waals surface area contributed by atoms with Crippen molar-refractivity contribution in [2.75, 3.05) is 19.6 Å². The van der Waals surface area contributed by atoms with Gasteiger partial charge in [-0.15, -0.1) is 0 Å². The molecule has 0 N–H and O–H groups in total. The number of benzene rings is 2. The molecule has 1 aliphatic rings. The molecule has 0 saturated carbocycles. The predicted octanol–water partition coefficient (Wildman–Crippen LogP) is 5.18. The minimum atomic E-state index is -3.79. The van der Waals surface area contributed by atoms with Crippen molar-refractivity contribution in [2.45, 2.75) is 36.7 Å². The molecule has 0 radical (unpaired) electrons. The number of nitrogens with zero attached hydrogens (tertiary/aromatic N) is 4. The van der Waals surface area contributed by atoms with Crippen LogP contribution in [0.3, 0.4) is 0 Å². The van der Waals surface area contributed by atoms with E-state index >= 15 is 0 Å². The van der Waals surface area contributed by atoms with Gasteiger partial charge in [-0.2, -0.15) is 4.31 Å². The maximum Gasteiger partial charge on any atom is 0.245 e. The number of pyridine rings is 2. The van der Waals surface area contributed by atoms with Crippen LogP contribution in [0.4, 0.5) is 0 Å². The Bertz CT molecular complexity index is 1400. The average molecular weight is 521 g/mol. The van der Waals surface area contributed by atoms with Crippen molar-refractivity contribution in [1.82, 2.24) is 19.2 Å². The fraction of sp³-hybridized carbons (Fsp3) is 0.286. The van der Waals surface area contributed by atoms with Crippen molar-refractivity contribution in [1.29, 1.82) is 0 Å². The standard InChI is InChI=1S/C28H29ClN4O2S/c29-25-10-8-22(9-11-25)12-17-32-18-13-26(14-19-32)33(21-23-4-2-15-30-20-23)36(34,35)27-7-1-5-24-6-3-16-31-28(24)27/h1-11,15-16,20,26H,12-14,17-19,21H2. The Morgan fingerprint density at radius 3 is 2.42 bits per heavy atom. The van der Waals surface area contributed by atoms with Gasteiger partial charge in [0, 0.05) is 48.1 Å². The maximum atomic E-state index is 14.1. The zero-order chi connectivity index (χ0) is 25.0. The molecule has 2 aromatic heterocycles. The summed E-state index contributed by atoms with van der Waals surface area (Å²) in [5.41, 5.74) is 2.64. The molecule has 0 spiro atoms. The lowest BCUT2D eigenvalue weighted by Crippen LogP contribution is -2.47. The molecule has 1 fully saturated rings. The number of hydrogen-bond acceptors (Lipinski definition) is 5. The maximum absolute atomic E-state index is 14.1. The number of aromatic nitrogens is 2. The van der Waals surface area contributed by atoms with E-state index in [2.05, 4.69) is 27.0 Å². The number of halogens is 1. The van der Waals surface area contributed by atoms with E-state index in [9.17, 15) is 8.42 Å². The summed E-state index contributed by atoms with van der Waals surface area (Å²) in [5.74, 6) is 0. The molecular weight excluding hydrogens is 492 g/mol. The highest BCUT2D eigenvalue weighted by Gasteiger charge is 2.35. The van der Waals surface area contributed by atoms with E-state index in [-0.39, 0.29) is 17.5 Å². The molecule has 6 nitrogen and oxygen atoms in total. The largest absolute Gasteiger partial charge is 0.303 e. The topological polar surface area (TPSA) is 66.4 Å². The highest BCUT2D eigenvalue weighted by Crippen LogP contribution is 2.30. The summed E-state index contributed by atoms with van der Waals surface area (Å²) in [6.45, 7) is 2.93. The first-order valence-corrected chi connectivity index (χ1v) is 14.0. The normalized spacial score (nSPS) is 15.5. The van der Waals surface area contributed by atoms with Gasteiger partial charge >= 0.3 is 0 Å². The molecule has 36 heavy (non-hydrogen) atoms. The minimum Gasteiger partial charge on any atom is -0.303 e. The summed E-state index contributed by atoms with van der Waals surface area (Å²) >= 11 is 6.01. The number of para-hydroxylation sites is 1. The van der Waals surface area contributed by atoms with E-state index in [0.29, 0.717) is 5.52 Å². The van der Waals surface area contributed by atoms with Crippen molar-refractivity contribution in [2.24, 2.45) is 0 Å². The lowest BCUT2D eigenvalue weighted by Gasteiger charge is -2.38. The summed E-state index contributed by atoms with van der Waals surface area (Å²) < 4.78 is 29.9. The Hall–Kier alpha value is -2.84. The van der Waals surface area contributed by atoms with Crippen LogP contribution >= 0.6 is 11.6 Å². The number of hydrogen-bond donors (Lipinski definition) is 0. The van der Waals surface area contributed by atoms with E-state index in [1.54, 1.807) is 35.0 Å². The van der Waals surface area contributed by atoms with Gasteiger partial charge < -0.3 is 4.90 Å². The van der Waals surface area contributed by atoms with Crippen molar-refractivity contribution < 1.29 is 8.42 Å². The van der Waals surface area contributed by atoms with Gasteiger partial charge in [0.05, 0.1) is 5.52 Å². The van der Waals surface area contributed by atoms with E-state index < -0.39 is 10.0 Å². The molecule has 0 atom stereocenters. The molecule has 2 aromatic carbocycles. The van der Waals surface area contributed by atoms with Crippen molar-refractivity contribution in [3.05, 3.63) is 101 Å². The van der Waals surface area contributed by atoms with Crippen LogP contribution in [0.1, 0.15) is 24.0 Å². The smallest absolute Gasteiger partial charge is 0.245 e. The monoisotopic (exact) mass is 520 g/mol. The molecule has 0 bridgehead atoms. The summed E-state index contributed by atoms with van der Waals surface area (Å²) in [6, 6.07) is 20.7. The van der Waals surface area contributed by atoms with Crippen molar-refractivity contribution >= 4 is 32.5 Å². The summed E-state index contributed by atoms with van der Waals surface area (Å²) in [7, 11) is -3.79. The average Bonchev–Trinajstić information content (AvgIpc) is 2.92. The molecule has 8 heteroatoms. The predicted molar refractivity (Wildman–Crippen MR) is 143 cm³/mol. The van der Waals surface area contributed by atoms with Crippen LogP contribution in [0.15, 0.2) is 90.2 Å². The molecular formula is C28H29ClN4O2S. The lowest BCUT2D eigenvalue weighted by atomic mass is 10.0. The van der Waals surface area contributed by atoms with Gasteiger partial charge in [0.1, 0.15) is 4.90 Å². The van der Waals surface area contributed by atoms with Gasteiger partial charge in [-0.3, -0.25) is 9.97 Å². The second-order valence-electron chi connectivity index (χ2n) is 9.19. The Kier molecular flexibility index (Phi) is 7.62. The number of likely N-dealkylation sites (tertiary alicyclic amines) is 1. The molecule has 0 aliphatic carbocycles. The van der Waals surface area contributed by atoms with E-state index in [4.69, 9.17) is 11.6 Å².